The molecule has 1 amide bonds. The van der Waals surface area contributed by atoms with E-state index in [0.717, 1.165) is 50.0 Å². The van der Waals surface area contributed by atoms with Crippen LogP contribution in [0.4, 0.5) is 0 Å². The summed E-state index contributed by atoms with van der Waals surface area (Å²) < 4.78 is 0. The third-order valence-corrected chi connectivity index (χ3v) is 7.33. The van der Waals surface area contributed by atoms with Crippen LogP contribution in [0.3, 0.4) is 0 Å². The molecule has 0 aromatic heterocycles. The molecule has 3 aromatic rings. The zero-order chi connectivity index (χ0) is 20.3. The van der Waals surface area contributed by atoms with Crippen molar-refractivity contribution in [3.63, 3.8) is 0 Å². The summed E-state index contributed by atoms with van der Waals surface area (Å²) in [5.41, 5.74) is 4.68. The van der Waals surface area contributed by atoms with Gasteiger partial charge in [-0.05, 0) is 47.7 Å². The van der Waals surface area contributed by atoms with Crippen molar-refractivity contribution in [3.05, 3.63) is 95.1 Å². The summed E-state index contributed by atoms with van der Waals surface area (Å²) in [5.74, 6) is 0.0711. The molecule has 0 radical (unpaired) electrons. The number of hydrogen-bond donors (Lipinski definition) is 1. The molecular formula is C26H26N2OS. The summed E-state index contributed by atoms with van der Waals surface area (Å²) in [5, 5.41) is 3.31. The summed E-state index contributed by atoms with van der Waals surface area (Å²) in [6.07, 6.45) is 2.91. The molecule has 152 valence electrons. The van der Waals surface area contributed by atoms with Gasteiger partial charge in [-0.2, -0.15) is 0 Å². The third-order valence-electron chi connectivity index (χ3n) is 6.10. The summed E-state index contributed by atoms with van der Waals surface area (Å²) in [6.45, 7) is 3.03. The maximum Gasteiger partial charge on any atom is 0.251 e. The molecule has 2 aliphatic heterocycles. The van der Waals surface area contributed by atoms with Gasteiger partial charge in [-0.3, -0.25) is 4.79 Å². The first kappa shape index (κ1) is 19.4. The van der Waals surface area contributed by atoms with Crippen LogP contribution in [-0.4, -0.2) is 36.5 Å². The molecular weight excluding hydrogens is 388 g/mol. The Morgan fingerprint density at radius 2 is 1.77 bits per heavy atom. The molecule has 1 N–H and O–H groups in total. The standard InChI is InChI=1S/C26H26N2OS/c29-26(27-21-14-16-28(18-21)15-13-19-7-2-1-3-8-19)22-10-6-12-25-23(22)17-20-9-4-5-11-24(20)30-25/h1-12,21H,13-18H2,(H,27,29). The Bertz CT molecular complexity index is 1050. The van der Waals surface area contributed by atoms with Gasteiger partial charge in [0.2, 0.25) is 0 Å². The van der Waals surface area contributed by atoms with E-state index < -0.39 is 0 Å². The number of likely N-dealkylation sites (tertiary alicyclic amines) is 1. The van der Waals surface area contributed by atoms with E-state index in [-0.39, 0.29) is 11.9 Å². The molecule has 0 aliphatic carbocycles. The second kappa shape index (κ2) is 8.66. The Labute approximate surface area is 182 Å². The van der Waals surface area contributed by atoms with Crippen LogP contribution in [0.15, 0.2) is 82.6 Å². The molecule has 0 saturated carbocycles. The SMILES string of the molecule is O=C(NC1CCN(CCc2ccccc2)C1)c1cccc2c1Cc1ccccc1S2. The first-order valence-corrected chi connectivity index (χ1v) is 11.5. The number of carbonyl (C=O) groups is 1. The normalized spacial score (nSPS) is 17.9. The number of carbonyl (C=O) groups excluding carboxylic acids is 1. The minimum atomic E-state index is 0.0711. The van der Waals surface area contributed by atoms with E-state index in [4.69, 9.17) is 0 Å². The maximum atomic E-state index is 13.1. The molecule has 5 rings (SSSR count). The number of nitrogens with zero attached hydrogens (tertiary/aromatic N) is 1. The van der Waals surface area contributed by atoms with Crippen LogP contribution in [0, 0.1) is 0 Å². The van der Waals surface area contributed by atoms with Crippen molar-refractivity contribution in [1.29, 1.82) is 0 Å². The molecule has 1 atom stereocenters. The van der Waals surface area contributed by atoms with E-state index in [9.17, 15) is 4.79 Å². The van der Waals surface area contributed by atoms with Gasteiger partial charge in [0.1, 0.15) is 0 Å². The molecule has 4 heteroatoms. The van der Waals surface area contributed by atoms with Crippen molar-refractivity contribution >= 4 is 17.7 Å². The molecule has 1 saturated heterocycles. The number of fused-ring (bicyclic) bond motifs is 2. The third kappa shape index (κ3) is 4.16. The van der Waals surface area contributed by atoms with E-state index >= 15 is 0 Å². The van der Waals surface area contributed by atoms with E-state index in [1.165, 1.54) is 20.9 Å². The van der Waals surface area contributed by atoms with Gasteiger partial charge < -0.3 is 10.2 Å². The molecule has 2 heterocycles. The van der Waals surface area contributed by atoms with Gasteiger partial charge in [0, 0.05) is 47.5 Å². The smallest absolute Gasteiger partial charge is 0.251 e. The number of amides is 1. The lowest BCUT2D eigenvalue weighted by Gasteiger charge is -2.22. The fraction of sp³-hybridized carbons (Fsp3) is 0.269. The van der Waals surface area contributed by atoms with Crippen LogP contribution in [0.5, 0.6) is 0 Å². The Morgan fingerprint density at radius 3 is 2.67 bits per heavy atom. The van der Waals surface area contributed by atoms with E-state index in [2.05, 4.69) is 70.9 Å². The first-order valence-electron chi connectivity index (χ1n) is 10.7. The molecule has 1 fully saturated rings. The van der Waals surface area contributed by atoms with Gasteiger partial charge in [0.05, 0.1) is 0 Å². The number of benzene rings is 3. The van der Waals surface area contributed by atoms with Gasteiger partial charge in [-0.1, -0.05) is 66.4 Å². The zero-order valence-electron chi connectivity index (χ0n) is 17.0. The Hall–Kier alpha value is -2.56. The lowest BCUT2D eigenvalue weighted by atomic mass is 9.98. The molecule has 1 unspecified atom stereocenters. The second-order valence-corrected chi connectivity index (χ2v) is 9.25. The quantitative estimate of drug-likeness (QED) is 0.510. The molecule has 3 aromatic carbocycles. The highest BCUT2D eigenvalue weighted by atomic mass is 32.2. The van der Waals surface area contributed by atoms with Crippen LogP contribution < -0.4 is 5.32 Å². The molecule has 3 nitrogen and oxygen atoms in total. The molecule has 2 aliphatic rings. The van der Waals surface area contributed by atoms with Crippen molar-refractivity contribution in [2.45, 2.75) is 35.1 Å². The van der Waals surface area contributed by atoms with Crippen molar-refractivity contribution < 1.29 is 4.79 Å². The van der Waals surface area contributed by atoms with Gasteiger partial charge >= 0.3 is 0 Å². The van der Waals surface area contributed by atoms with Crippen LogP contribution in [0.25, 0.3) is 0 Å². The molecule has 0 bridgehead atoms. The van der Waals surface area contributed by atoms with Crippen molar-refractivity contribution in [1.82, 2.24) is 10.2 Å². The summed E-state index contributed by atoms with van der Waals surface area (Å²) >= 11 is 1.77. The predicted octanol–water partition coefficient (Wildman–Crippen LogP) is 4.79. The highest BCUT2D eigenvalue weighted by molar-refractivity contribution is 7.99. The van der Waals surface area contributed by atoms with Crippen molar-refractivity contribution in [2.75, 3.05) is 19.6 Å². The van der Waals surface area contributed by atoms with E-state index in [0.29, 0.717) is 0 Å². The second-order valence-electron chi connectivity index (χ2n) is 8.16. The van der Waals surface area contributed by atoms with Crippen LogP contribution >= 0.6 is 11.8 Å². The summed E-state index contributed by atoms with van der Waals surface area (Å²) in [6, 6.07) is 25.5. The van der Waals surface area contributed by atoms with Gasteiger partial charge in [0.25, 0.3) is 5.91 Å². The van der Waals surface area contributed by atoms with E-state index in [1.807, 2.05) is 12.1 Å². The largest absolute Gasteiger partial charge is 0.348 e. The van der Waals surface area contributed by atoms with Gasteiger partial charge in [0.15, 0.2) is 0 Å². The average Bonchev–Trinajstić information content (AvgIpc) is 3.23. The number of rotatable bonds is 5. The van der Waals surface area contributed by atoms with Crippen LogP contribution in [0.1, 0.15) is 33.5 Å². The average molecular weight is 415 g/mol. The summed E-state index contributed by atoms with van der Waals surface area (Å²) in [7, 11) is 0. The Morgan fingerprint density at radius 1 is 0.967 bits per heavy atom. The van der Waals surface area contributed by atoms with E-state index in [1.54, 1.807) is 11.8 Å². The van der Waals surface area contributed by atoms with Crippen molar-refractivity contribution in [3.8, 4) is 0 Å². The molecule has 30 heavy (non-hydrogen) atoms. The van der Waals surface area contributed by atoms with Gasteiger partial charge in [-0.15, -0.1) is 0 Å². The Kier molecular flexibility index (Phi) is 5.60. The maximum absolute atomic E-state index is 13.1. The predicted molar refractivity (Wildman–Crippen MR) is 122 cm³/mol. The highest BCUT2D eigenvalue weighted by Gasteiger charge is 2.26. The Balaban J connectivity index is 1.22. The topological polar surface area (TPSA) is 32.3 Å². The zero-order valence-corrected chi connectivity index (χ0v) is 17.8. The first-order chi connectivity index (χ1) is 14.8. The summed E-state index contributed by atoms with van der Waals surface area (Å²) in [4.78, 5) is 18.1. The van der Waals surface area contributed by atoms with Crippen LogP contribution in [-0.2, 0) is 12.8 Å². The van der Waals surface area contributed by atoms with Crippen molar-refractivity contribution in [2.24, 2.45) is 0 Å². The number of nitrogens with one attached hydrogen (secondary N) is 1. The minimum absolute atomic E-state index is 0.0711. The monoisotopic (exact) mass is 414 g/mol. The fourth-order valence-electron chi connectivity index (χ4n) is 4.46. The molecule has 0 spiro atoms. The highest BCUT2D eigenvalue weighted by Crippen LogP contribution is 2.40. The minimum Gasteiger partial charge on any atom is -0.348 e. The van der Waals surface area contributed by atoms with Crippen LogP contribution in [0.2, 0.25) is 0 Å². The number of hydrogen-bond acceptors (Lipinski definition) is 3. The lowest BCUT2D eigenvalue weighted by Crippen LogP contribution is -2.38. The lowest BCUT2D eigenvalue weighted by molar-refractivity contribution is 0.0936. The fourth-order valence-corrected chi connectivity index (χ4v) is 5.57. The van der Waals surface area contributed by atoms with Gasteiger partial charge in [-0.25, -0.2) is 0 Å².